The molecule has 1 saturated heterocycles. The highest BCUT2D eigenvalue weighted by Crippen LogP contribution is 2.41. The predicted molar refractivity (Wildman–Crippen MR) is 125 cm³/mol. The molecule has 0 radical (unpaired) electrons. The first-order valence-electron chi connectivity index (χ1n) is 11.1. The van der Waals surface area contributed by atoms with E-state index in [1.807, 2.05) is 18.2 Å². The number of piperazine rings is 1. The first-order valence-corrected chi connectivity index (χ1v) is 11.1. The molecule has 8 heteroatoms. The minimum absolute atomic E-state index is 0.0495. The Morgan fingerprint density at radius 2 is 2.03 bits per heavy atom. The lowest BCUT2D eigenvalue weighted by molar-refractivity contribution is -0.126. The average molecular weight is 447 g/mol. The summed E-state index contributed by atoms with van der Waals surface area (Å²) in [5.74, 6) is 1.54. The molecule has 2 aliphatic heterocycles. The van der Waals surface area contributed by atoms with Gasteiger partial charge in [0.15, 0.2) is 0 Å². The Labute approximate surface area is 192 Å². The van der Waals surface area contributed by atoms with Crippen molar-refractivity contribution in [2.45, 2.75) is 18.9 Å². The fourth-order valence-electron chi connectivity index (χ4n) is 4.63. The molecule has 1 fully saturated rings. The number of ether oxygens (including phenoxy) is 2. The van der Waals surface area contributed by atoms with Gasteiger partial charge in [0.2, 0.25) is 11.8 Å². The van der Waals surface area contributed by atoms with Crippen LogP contribution in [-0.2, 0) is 11.2 Å². The van der Waals surface area contributed by atoms with Gasteiger partial charge in [0.05, 0.1) is 12.7 Å². The molecule has 0 spiro atoms. The van der Waals surface area contributed by atoms with Gasteiger partial charge in [0.25, 0.3) is 0 Å². The van der Waals surface area contributed by atoms with E-state index in [1.54, 1.807) is 24.1 Å². The van der Waals surface area contributed by atoms with E-state index in [9.17, 15) is 9.90 Å². The fourth-order valence-corrected chi connectivity index (χ4v) is 4.63. The van der Waals surface area contributed by atoms with Crippen molar-refractivity contribution in [2.75, 3.05) is 38.2 Å². The van der Waals surface area contributed by atoms with Gasteiger partial charge in [-0.3, -0.25) is 4.79 Å². The summed E-state index contributed by atoms with van der Waals surface area (Å²) in [7, 11) is 1.55. The van der Waals surface area contributed by atoms with Crippen molar-refractivity contribution in [1.29, 1.82) is 0 Å². The quantitative estimate of drug-likeness (QED) is 0.616. The molecule has 8 nitrogen and oxygen atoms in total. The number of methoxy groups -OCH3 is 1. The second-order valence-electron chi connectivity index (χ2n) is 8.23. The van der Waals surface area contributed by atoms with Crippen LogP contribution in [0, 0.1) is 0 Å². The first-order chi connectivity index (χ1) is 16.1. The summed E-state index contributed by atoms with van der Waals surface area (Å²) in [5.41, 5.74) is 2.03. The molecule has 2 aromatic carbocycles. The van der Waals surface area contributed by atoms with Crippen molar-refractivity contribution in [3.63, 3.8) is 0 Å². The lowest BCUT2D eigenvalue weighted by Gasteiger charge is -2.37. The maximum absolute atomic E-state index is 11.9. The van der Waals surface area contributed by atoms with Gasteiger partial charge in [0.1, 0.15) is 17.7 Å². The van der Waals surface area contributed by atoms with Crippen LogP contribution in [-0.4, -0.2) is 59.2 Å². The Hall–Kier alpha value is -3.81. The highest BCUT2D eigenvalue weighted by molar-refractivity contribution is 5.88. The lowest BCUT2D eigenvalue weighted by atomic mass is 9.94. The largest absolute Gasteiger partial charge is 0.508 e. The number of nitrogens with zero attached hydrogens (tertiary/aromatic N) is 4. The average Bonchev–Trinajstić information content (AvgIpc) is 2.86. The van der Waals surface area contributed by atoms with E-state index in [-0.39, 0.29) is 23.8 Å². The predicted octanol–water partition coefficient (Wildman–Crippen LogP) is 3.24. The van der Waals surface area contributed by atoms with Crippen LogP contribution in [0.2, 0.25) is 0 Å². The second kappa shape index (κ2) is 8.61. The molecule has 0 bridgehead atoms. The Balaban J connectivity index is 1.45. The SMILES string of the molecule is C=CC(=O)N1CCN(c2nc(OC)nc3c2CCC(c2cccc4cc(O)ccc24)O3)CC1. The van der Waals surface area contributed by atoms with E-state index in [0.717, 1.165) is 40.6 Å². The third-order valence-corrected chi connectivity index (χ3v) is 6.33. The highest BCUT2D eigenvalue weighted by atomic mass is 16.5. The number of phenols is 1. The first kappa shape index (κ1) is 21.1. The van der Waals surface area contributed by atoms with E-state index in [0.29, 0.717) is 32.1 Å². The second-order valence-corrected chi connectivity index (χ2v) is 8.23. The van der Waals surface area contributed by atoms with Crippen LogP contribution in [0.5, 0.6) is 17.6 Å². The summed E-state index contributed by atoms with van der Waals surface area (Å²) >= 11 is 0. The van der Waals surface area contributed by atoms with Gasteiger partial charge >= 0.3 is 6.01 Å². The molecule has 3 heterocycles. The number of carbonyl (C=O) groups is 1. The molecule has 33 heavy (non-hydrogen) atoms. The number of hydrogen-bond acceptors (Lipinski definition) is 7. The van der Waals surface area contributed by atoms with E-state index < -0.39 is 0 Å². The standard InChI is InChI=1S/C25H26N4O4/c1-3-22(31)28-11-13-29(14-12-28)23-20-9-10-21(33-24(20)27-25(26-23)32-2)19-6-4-5-16-15-17(30)7-8-18(16)19/h3-8,15,21,30H,1,9-14H2,2H3. The van der Waals surface area contributed by atoms with E-state index in [4.69, 9.17) is 9.47 Å². The third-order valence-electron chi connectivity index (χ3n) is 6.33. The van der Waals surface area contributed by atoms with Gasteiger partial charge in [-0.1, -0.05) is 30.8 Å². The zero-order valence-corrected chi connectivity index (χ0v) is 18.5. The molecule has 1 unspecified atom stereocenters. The molecule has 5 rings (SSSR count). The van der Waals surface area contributed by atoms with Crippen LogP contribution >= 0.6 is 0 Å². The molecule has 170 valence electrons. The topological polar surface area (TPSA) is 88.0 Å². The van der Waals surface area contributed by atoms with Crippen molar-refractivity contribution in [2.24, 2.45) is 0 Å². The number of benzene rings is 2. The maximum atomic E-state index is 11.9. The smallest absolute Gasteiger partial charge is 0.321 e. The Morgan fingerprint density at radius 1 is 1.21 bits per heavy atom. The summed E-state index contributed by atoms with van der Waals surface area (Å²) in [4.78, 5) is 25.0. The van der Waals surface area contributed by atoms with Gasteiger partial charge < -0.3 is 24.4 Å². The van der Waals surface area contributed by atoms with Gasteiger partial charge in [-0.25, -0.2) is 0 Å². The maximum Gasteiger partial charge on any atom is 0.321 e. The molecule has 1 N–H and O–H groups in total. The molecule has 3 aromatic rings. The number of hydrogen-bond donors (Lipinski definition) is 1. The third kappa shape index (κ3) is 3.92. The van der Waals surface area contributed by atoms with Crippen LogP contribution in [0.3, 0.4) is 0 Å². The van der Waals surface area contributed by atoms with E-state index in [2.05, 4.69) is 27.5 Å². The van der Waals surface area contributed by atoms with Crippen LogP contribution in [0.15, 0.2) is 49.1 Å². The molecule has 0 saturated carbocycles. The summed E-state index contributed by atoms with van der Waals surface area (Å²) in [6.07, 6.45) is 2.73. The van der Waals surface area contributed by atoms with Crippen molar-refractivity contribution >= 4 is 22.5 Å². The number of anilines is 1. The molecule has 1 atom stereocenters. The van der Waals surface area contributed by atoms with Crippen LogP contribution in [0.1, 0.15) is 23.7 Å². The van der Waals surface area contributed by atoms with Crippen molar-refractivity contribution in [3.8, 4) is 17.6 Å². The zero-order valence-electron chi connectivity index (χ0n) is 18.5. The molecular formula is C25H26N4O4. The fraction of sp³-hybridized carbons (Fsp3) is 0.320. The van der Waals surface area contributed by atoms with E-state index >= 15 is 0 Å². The zero-order chi connectivity index (χ0) is 22.9. The van der Waals surface area contributed by atoms with Gasteiger partial charge in [-0.05, 0) is 41.8 Å². The number of amides is 1. The normalized spacial score (nSPS) is 17.9. The summed E-state index contributed by atoms with van der Waals surface area (Å²) in [5, 5.41) is 11.9. The van der Waals surface area contributed by atoms with Crippen LogP contribution in [0.25, 0.3) is 10.8 Å². The minimum atomic E-state index is -0.166. The number of aromatic nitrogens is 2. The minimum Gasteiger partial charge on any atom is -0.508 e. The number of phenolic OH excluding ortho intramolecular Hbond substituents is 1. The molecule has 2 aliphatic rings. The number of fused-ring (bicyclic) bond motifs is 2. The van der Waals surface area contributed by atoms with E-state index in [1.165, 1.54) is 6.08 Å². The Kier molecular flexibility index (Phi) is 5.50. The number of rotatable bonds is 4. The van der Waals surface area contributed by atoms with Crippen molar-refractivity contribution < 1.29 is 19.4 Å². The van der Waals surface area contributed by atoms with Gasteiger partial charge in [0, 0.05) is 31.7 Å². The Bertz CT molecular complexity index is 1220. The number of carbonyl (C=O) groups excluding carboxylic acids is 1. The molecule has 1 amide bonds. The highest BCUT2D eigenvalue weighted by Gasteiger charge is 2.31. The summed E-state index contributed by atoms with van der Waals surface area (Å²) < 4.78 is 11.8. The van der Waals surface area contributed by atoms with Gasteiger partial charge in [-0.2, -0.15) is 9.97 Å². The number of aromatic hydroxyl groups is 1. The van der Waals surface area contributed by atoms with Crippen molar-refractivity contribution in [1.82, 2.24) is 14.9 Å². The molecule has 1 aromatic heterocycles. The summed E-state index contributed by atoms with van der Waals surface area (Å²) in [6, 6.07) is 11.7. The molecular weight excluding hydrogens is 420 g/mol. The lowest BCUT2D eigenvalue weighted by Crippen LogP contribution is -2.49. The molecule has 0 aliphatic carbocycles. The monoisotopic (exact) mass is 446 g/mol. The van der Waals surface area contributed by atoms with Crippen molar-refractivity contribution in [3.05, 3.63) is 60.2 Å². The van der Waals surface area contributed by atoms with Gasteiger partial charge in [-0.15, -0.1) is 0 Å². The Morgan fingerprint density at radius 3 is 2.79 bits per heavy atom. The van der Waals surface area contributed by atoms with Crippen LogP contribution < -0.4 is 14.4 Å². The summed E-state index contributed by atoms with van der Waals surface area (Å²) in [6.45, 7) is 6.13. The van der Waals surface area contributed by atoms with Crippen LogP contribution in [0.4, 0.5) is 5.82 Å².